The van der Waals surface area contributed by atoms with Crippen molar-refractivity contribution in [2.75, 3.05) is 6.54 Å². The Hall–Kier alpha value is -3.71. The Bertz CT molecular complexity index is 935. The highest BCUT2D eigenvalue weighted by Crippen LogP contribution is 2.07. The van der Waals surface area contributed by atoms with E-state index < -0.39 is 54.0 Å². The van der Waals surface area contributed by atoms with Gasteiger partial charge >= 0.3 is 5.97 Å². The number of nitrogens with one attached hydrogen (secondary N) is 3. The average Bonchev–Trinajstić information content (AvgIpc) is 2.82. The fourth-order valence-corrected chi connectivity index (χ4v) is 3.41. The quantitative estimate of drug-likeness (QED) is 0.0736. The first-order chi connectivity index (χ1) is 17.3. The number of carbonyl (C=O) groups is 4. The zero-order valence-electron chi connectivity index (χ0n) is 21.4. The molecular weight excluding hydrogens is 482 g/mol. The number of aliphatic carboxylic acids is 1. The Morgan fingerprint density at radius 1 is 0.919 bits per heavy atom. The molecule has 1 rings (SSSR count). The van der Waals surface area contributed by atoms with Gasteiger partial charge in [0, 0.05) is 13.0 Å². The number of aliphatic imine (C=N–C) groups is 1. The SMILES string of the molecule is CC(C)[C@@H](NC(=O)[C@@H](N)CCCN=C(N)N)C(=O)N[C@H](C(=O)N[C@@H](Cc1ccccc1)C(=O)O)[C@@H](C)O. The van der Waals surface area contributed by atoms with E-state index in [4.69, 9.17) is 17.2 Å². The fourth-order valence-electron chi connectivity index (χ4n) is 3.41. The number of nitrogens with two attached hydrogens (primary N) is 3. The lowest BCUT2D eigenvalue weighted by atomic mass is 10.0. The molecule has 0 aromatic heterocycles. The lowest BCUT2D eigenvalue weighted by Gasteiger charge is -2.28. The molecule has 0 aliphatic heterocycles. The molecule has 0 unspecified atom stereocenters. The van der Waals surface area contributed by atoms with E-state index in [1.165, 1.54) is 6.92 Å². The second kappa shape index (κ2) is 15.4. The number of carbonyl (C=O) groups excluding carboxylic acids is 3. The van der Waals surface area contributed by atoms with Gasteiger partial charge in [0.05, 0.1) is 12.1 Å². The zero-order valence-corrected chi connectivity index (χ0v) is 21.4. The first-order valence-electron chi connectivity index (χ1n) is 12.0. The van der Waals surface area contributed by atoms with Gasteiger partial charge in [0.15, 0.2) is 5.96 Å². The number of carboxylic acids is 1. The molecule has 206 valence electrons. The monoisotopic (exact) mass is 521 g/mol. The van der Waals surface area contributed by atoms with Gasteiger partial charge in [0.1, 0.15) is 18.1 Å². The molecule has 0 aliphatic carbocycles. The van der Waals surface area contributed by atoms with Crippen LogP contribution in [0, 0.1) is 5.92 Å². The predicted molar refractivity (Wildman–Crippen MR) is 138 cm³/mol. The van der Waals surface area contributed by atoms with Crippen LogP contribution in [0.3, 0.4) is 0 Å². The molecule has 0 aliphatic rings. The van der Waals surface area contributed by atoms with Gasteiger partial charge < -0.3 is 43.4 Å². The summed E-state index contributed by atoms with van der Waals surface area (Å²) < 4.78 is 0. The highest BCUT2D eigenvalue weighted by Gasteiger charge is 2.33. The summed E-state index contributed by atoms with van der Waals surface area (Å²) in [5.74, 6) is -3.91. The van der Waals surface area contributed by atoms with Crippen LogP contribution in [-0.4, -0.2) is 76.7 Å². The minimum atomic E-state index is -1.46. The Morgan fingerprint density at radius 3 is 2.00 bits per heavy atom. The zero-order chi connectivity index (χ0) is 28.1. The van der Waals surface area contributed by atoms with Gasteiger partial charge in [-0.05, 0) is 31.2 Å². The lowest BCUT2D eigenvalue weighted by Crippen LogP contribution is -2.61. The maximum atomic E-state index is 13.0. The summed E-state index contributed by atoms with van der Waals surface area (Å²) in [6.07, 6.45) is -0.625. The third-order valence-electron chi connectivity index (χ3n) is 5.51. The summed E-state index contributed by atoms with van der Waals surface area (Å²) in [6.45, 7) is 4.95. The number of rotatable bonds is 15. The fraction of sp³-hybridized carbons (Fsp3) is 0.542. The molecule has 0 spiro atoms. The van der Waals surface area contributed by atoms with E-state index in [0.29, 0.717) is 18.5 Å². The number of amides is 3. The van der Waals surface area contributed by atoms with E-state index in [0.717, 1.165) is 0 Å². The van der Waals surface area contributed by atoms with Crippen LogP contribution in [0.15, 0.2) is 35.3 Å². The van der Waals surface area contributed by atoms with Crippen LogP contribution in [0.4, 0.5) is 0 Å². The third kappa shape index (κ3) is 11.3. The summed E-state index contributed by atoms with van der Waals surface area (Å²) in [6, 6.07) is 3.96. The number of carboxylic acid groups (broad SMARTS) is 1. The molecule has 3 amide bonds. The molecule has 0 heterocycles. The lowest BCUT2D eigenvalue weighted by molar-refractivity contribution is -0.143. The maximum Gasteiger partial charge on any atom is 0.326 e. The van der Waals surface area contributed by atoms with E-state index in [1.807, 2.05) is 0 Å². The summed E-state index contributed by atoms with van der Waals surface area (Å²) in [5, 5.41) is 27.1. The summed E-state index contributed by atoms with van der Waals surface area (Å²) in [4.78, 5) is 53.9. The Kier molecular flexibility index (Phi) is 13.0. The minimum Gasteiger partial charge on any atom is -0.480 e. The van der Waals surface area contributed by atoms with Gasteiger partial charge in [-0.25, -0.2) is 4.79 Å². The Balaban J connectivity index is 2.85. The largest absolute Gasteiger partial charge is 0.480 e. The number of hydrogen-bond donors (Lipinski definition) is 8. The Morgan fingerprint density at radius 2 is 1.49 bits per heavy atom. The summed E-state index contributed by atoms with van der Waals surface area (Å²) >= 11 is 0. The van der Waals surface area contributed by atoms with Crippen molar-refractivity contribution in [2.24, 2.45) is 28.1 Å². The van der Waals surface area contributed by atoms with Gasteiger partial charge in [-0.3, -0.25) is 19.4 Å². The molecule has 37 heavy (non-hydrogen) atoms. The first kappa shape index (κ1) is 31.3. The van der Waals surface area contributed by atoms with Gasteiger partial charge in [0.2, 0.25) is 17.7 Å². The number of aliphatic hydroxyl groups is 1. The molecule has 13 nitrogen and oxygen atoms in total. The van der Waals surface area contributed by atoms with Crippen molar-refractivity contribution < 1.29 is 29.4 Å². The molecule has 0 saturated carbocycles. The van der Waals surface area contributed by atoms with Crippen LogP contribution in [0.25, 0.3) is 0 Å². The van der Waals surface area contributed by atoms with Gasteiger partial charge in [-0.15, -0.1) is 0 Å². The third-order valence-corrected chi connectivity index (χ3v) is 5.51. The number of guanidine groups is 1. The van der Waals surface area contributed by atoms with Gasteiger partial charge in [-0.1, -0.05) is 44.2 Å². The predicted octanol–water partition coefficient (Wildman–Crippen LogP) is -1.81. The molecule has 11 N–H and O–H groups in total. The molecule has 13 heteroatoms. The first-order valence-corrected chi connectivity index (χ1v) is 12.0. The minimum absolute atomic E-state index is 0.00807. The highest BCUT2D eigenvalue weighted by molar-refractivity contribution is 5.94. The van der Waals surface area contributed by atoms with Crippen molar-refractivity contribution in [3.8, 4) is 0 Å². The van der Waals surface area contributed by atoms with E-state index in [2.05, 4.69) is 20.9 Å². The summed E-state index contributed by atoms with van der Waals surface area (Å²) in [7, 11) is 0. The summed E-state index contributed by atoms with van der Waals surface area (Å²) in [5.41, 5.74) is 17.1. The van der Waals surface area contributed by atoms with E-state index in [9.17, 15) is 29.4 Å². The van der Waals surface area contributed by atoms with E-state index in [-0.39, 0.29) is 24.7 Å². The highest BCUT2D eigenvalue weighted by atomic mass is 16.4. The standard InChI is InChI=1S/C24H39N7O6/c1-13(2)18(30-20(33)16(25)10-7-11-28-24(26)27)21(34)31-19(14(3)32)22(35)29-17(23(36)37)12-15-8-5-4-6-9-15/h4-6,8-9,13-14,16-19,32H,7,10-12,25H2,1-3H3,(H,29,35)(H,30,33)(H,31,34)(H,36,37)(H4,26,27,28)/t14-,16+,17+,18-,19+/m1/s1. The van der Waals surface area contributed by atoms with Crippen molar-refractivity contribution in [3.63, 3.8) is 0 Å². The Labute approximate surface area is 216 Å². The number of benzene rings is 1. The van der Waals surface area contributed by atoms with Crippen molar-refractivity contribution in [2.45, 2.75) is 70.3 Å². The topological polar surface area (TPSA) is 235 Å². The molecule has 0 bridgehead atoms. The number of aliphatic hydroxyl groups excluding tert-OH is 1. The van der Waals surface area contributed by atoms with E-state index >= 15 is 0 Å². The van der Waals surface area contributed by atoms with Crippen LogP contribution in [-0.2, 0) is 25.6 Å². The maximum absolute atomic E-state index is 13.0. The molecule has 0 saturated heterocycles. The molecule has 0 radical (unpaired) electrons. The normalized spacial score (nSPS) is 15.0. The van der Waals surface area contributed by atoms with E-state index in [1.54, 1.807) is 44.2 Å². The second-order valence-corrected chi connectivity index (χ2v) is 9.10. The van der Waals surface area contributed by atoms with Gasteiger partial charge in [0.25, 0.3) is 0 Å². The van der Waals surface area contributed by atoms with Crippen molar-refractivity contribution in [1.29, 1.82) is 0 Å². The van der Waals surface area contributed by atoms with Crippen molar-refractivity contribution in [3.05, 3.63) is 35.9 Å². The average molecular weight is 522 g/mol. The number of hydrogen-bond acceptors (Lipinski definition) is 7. The van der Waals surface area contributed by atoms with Gasteiger partial charge in [-0.2, -0.15) is 0 Å². The van der Waals surface area contributed by atoms with Crippen molar-refractivity contribution in [1.82, 2.24) is 16.0 Å². The smallest absolute Gasteiger partial charge is 0.326 e. The molecule has 0 fully saturated rings. The number of nitrogens with zero attached hydrogens (tertiary/aromatic N) is 1. The molecule has 1 aromatic carbocycles. The molecule has 1 aromatic rings. The van der Waals surface area contributed by atoms with Crippen LogP contribution in [0.1, 0.15) is 39.2 Å². The second-order valence-electron chi connectivity index (χ2n) is 9.10. The van der Waals surface area contributed by atoms with Crippen LogP contribution in [0.2, 0.25) is 0 Å². The van der Waals surface area contributed by atoms with Crippen molar-refractivity contribution >= 4 is 29.7 Å². The molecule has 5 atom stereocenters. The van der Waals surface area contributed by atoms with Crippen LogP contribution in [0.5, 0.6) is 0 Å². The van der Waals surface area contributed by atoms with Crippen LogP contribution >= 0.6 is 0 Å². The molecular formula is C24H39N7O6. The van der Waals surface area contributed by atoms with Crippen LogP contribution < -0.4 is 33.2 Å².